The molecule has 2 rings (SSSR count). The minimum atomic E-state index is -0.421. The van der Waals surface area contributed by atoms with Crippen molar-refractivity contribution in [3.05, 3.63) is 56.5 Å². The molecule has 0 atom stereocenters. The number of nitrogen functional groups attached to an aromatic ring is 1. The second-order valence-corrected chi connectivity index (χ2v) is 6.09. The lowest BCUT2D eigenvalue weighted by Gasteiger charge is -2.08. The topological polar surface area (TPSA) is 61.5 Å². The Balaban J connectivity index is 2.05. The average Bonchev–Trinajstić information content (AvgIpc) is 2.43. The number of methoxy groups -OCH3 is 1. The number of esters is 1. The second-order valence-electron chi connectivity index (χ2n) is 4.32. The van der Waals surface area contributed by atoms with E-state index in [9.17, 15) is 4.79 Å². The summed E-state index contributed by atoms with van der Waals surface area (Å²) in [5.41, 5.74) is 7.47. The van der Waals surface area contributed by atoms with E-state index in [1.54, 1.807) is 25.3 Å². The summed E-state index contributed by atoms with van der Waals surface area (Å²) >= 11 is 6.68. The van der Waals surface area contributed by atoms with Gasteiger partial charge < -0.3 is 15.2 Å². The molecule has 0 aliphatic heterocycles. The fourth-order valence-corrected chi connectivity index (χ4v) is 2.86. The van der Waals surface area contributed by atoms with Crippen LogP contribution in [0.5, 0.6) is 5.75 Å². The van der Waals surface area contributed by atoms with E-state index in [0.29, 0.717) is 11.3 Å². The van der Waals surface area contributed by atoms with E-state index in [-0.39, 0.29) is 6.61 Å². The summed E-state index contributed by atoms with van der Waals surface area (Å²) in [6.45, 7) is 0.174. The van der Waals surface area contributed by atoms with Crippen LogP contribution in [0.4, 0.5) is 5.69 Å². The Morgan fingerprint density at radius 1 is 1.19 bits per heavy atom. The number of ether oxygens (including phenoxy) is 2. The Morgan fingerprint density at radius 3 is 2.57 bits per heavy atom. The highest BCUT2D eigenvalue weighted by atomic mass is 79.9. The second kappa shape index (κ2) is 6.95. The highest BCUT2D eigenvalue weighted by Gasteiger charge is 2.10. The first-order valence-corrected chi connectivity index (χ1v) is 7.64. The molecule has 6 heteroatoms. The number of anilines is 1. The largest absolute Gasteiger partial charge is 0.496 e. The molecule has 0 fully saturated rings. The molecule has 0 saturated carbocycles. The smallest absolute Gasteiger partial charge is 0.338 e. The third-order valence-corrected chi connectivity index (χ3v) is 3.82. The highest BCUT2D eigenvalue weighted by molar-refractivity contribution is 9.10. The van der Waals surface area contributed by atoms with Gasteiger partial charge in [0.05, 0.1) is 17.1 Å². The Kier molecular flexibility index (Phi) is 5.25. The third-order valence-electron chi connectivity index (χ3n) is 2.74. The van der Waals surface area contributed by atoms with Crippen LogP contribution in [0.3, 0.4) is 0 Å². The van der Waals surface area contributed by atoms with E-state index in [4.69, 9.17) is 15.2 Å². The van der Waals surface area contributed by atoms with Crippen molar-refractivity contribution in [1.82, 2.24) is 0 Å². The standard InChI is InChI=1S/C15H13Br2NO3/c1-20-14-3-2-9(4-13(14)17)8-21-15(19)10-5-11(16)7-12(18)6-10/h2-7H,8,18H2,1H3. The van der Waals surface area contributed by atoms with Crippen molar-refractivity contribution in [2.75, 3.05) is 12.8 Å². The zero-order valence-corrected chi connectivity index (χ0v) is 14.4. The van der Waals surface area contributed by atoms with Gasteiger partial charge in [0.15, 0.2) is 0 Å². The zero-order chi connectivity index (χ0) is 15.4. The van der Waals surface area contributed by atoms with E-state index in [1.165, 1.54) is 0 Å². The van der Waals surface area contributed by atoms with Gasteiger partial charge in [0.1, 0.15) is 12.4 Å². The molecule has 0 aliphatic carbocycles. The maximum Gasteiger partial charge on any atom is 0.338 e. The van der Waals surface area contributed by atoms with Crippen molar-refractivity contribution >= 4 is 43.5 Å². The fraction of sp³-hybridized carbons (Fsp3) is 0.133. The lowest BCUT2D eigenvalue weighted by molar-refractivity contribution is 0.0472. The Labute approximate surface area is 139 Å². The highest BCUT2D eigenvalue weighted by Crippen LogP contribution is 2.26. The van der Waals surface area contributed by atoms with E-state index < -0.39 is 5.97 Å². The van der Waals surface area contributed by atoms with Gasteiger partial charge >= 0.3 is 5.97 Å². The summed E-state index contributed by atoms with van der Waals surface area (Å²) in [4.78, 5) is 12.0. The molecule has 2 aromatic carbocycles. The summed E-state index contributed by atoms with van der Waals surface area (Å²) < 4.78 is 12.0. The van der Waals surface area contributed by atoms with Crippen molar-refractivity contribution in [3.63, 3.8) is 0 Å². The maximum absolute atomic E-state index is 12.0. The van der Waals surface area contributed by atoms with Gasteiger partial charge in [-0.05, 0) is 51.8 Å². The van der Waals surface area contributed by atoms with Gasteiger partial charge in [-0.2, -0.15) is 0 Å². The first-order chi connectivity index (χ1) is 9.99. The molecule has 0 aromatic heterocycles. The van der Waals surface area contributed by atoms with Crippen LogP contribution < -0.4 is 10.5 Å². The van der Waals surface area contributed by atoms with E-state index >= 15 is 0 Å². The SMILES string of the molecule is COc1ccc(COC(=O)c2cc(N)cc(Br)c2)cc1Br. The summed E-state index contributed by atoms with van der Waals surface area (Å²) in [6.07, 6.45) is 0. The fourth-order valence-electron chi connectivity index (χ4n) is 1.76. The molecule has 21 heavy (non-hydrogen) atoms. The Hall–Kier alpha value is -1.53. The van der Waals surface area contributed by atoms with Crippen LogP contribution in [-0.4, -0.2) is 13.1 Å². The molecule has 2 aromatic rings. The molecular formula is C15H13Br2NO3. The minimum Gasteiger partial charge on any atom is -0.496 e. The summed E-state index contributed by atoms with van der Waals surface area (Å²) in [5.74, 6) is 0.305. The van der Waals surface area contributed by atoms with Gasteiger partial charge in [0.25, 0.3) is 0 Å². The summed E-state index contributed by atoms with van der Waals surface area (Å²) in [7, 11) is 1.59. The number of hydrogen-bond acceptors (Lipinski definition) is 4. The Morgan fingerprint density at radius 2 is 1.95 bits per heavy atom. The predicted molar refractivity (Wildman–Crippen MR) is 88.4 cm³/mol. The van der Waals surface area contributed by atoms with Crippen LogP contribution in [-0.2, 0) is 11.3 Å². The molecule has 110 valence electrons. The lowest BCUT2D eigenvalue weighted by Crippen LogP contribution is -2.06. The number of carbonyl (C=O) groups excluding carboxylic acids is 1. The predicted octanol–water partition coefficient (Wildman–Crippen LogP) is 4.16. The molecule has 0 unspecified atom stereocenters. The van der Waals surface area contributed by atoms with E-state index in [1.807, 2.05) is 18.2 Å². The van der Waals surface area contributed by atoms with E-state index in [0.717, 1.165) is 20.3 Å². The van der Waals surface area contributed by atoms with Crippen molar-refractivity contribution in [1.29, 1.82) is 0 Å². The van der Waals surface area contributed by atoms with Gasteiger partial charge in [0, 0.05) is 10.2 Å². The first kappa shape index (κ1) is 15.9. The number of hydrogen-bond donors (Lipinski definition) is 1. The number of rotatable bonds is 4. The molecule has 0 spiro atoms. The third kappa shape index (κ3) is 4.22. The maximum atomic E-state index is 12.0. The molecule has 2 N–H and O–H groups in total. The van der Waals surface area contributed by atoms with Gasteiger partial charge in [0.2, 0.25) is 0 Å². The van der Waals surface area contributed by atoms with Crippen molar-refractivity contribution in [2.24, 2.45) is 0 Å². The average molecular weight is 415 g/mol. The van der Waals surface area contributed by atoms with Gasteiger partial charge in [-0.25, -0.2) is 4.79 Å². The summed E-state index contributed by atoms with van der Waals surface area (Å²) in [5, 5.41) is 0. The normalized spacial score (nSPS) is 10.2. The molecule has 0 saturated heterocycles. The first-order valence-electron chi connectivity index (χ1n) is 6.05. The molecule has 0 radical (unpaired) electrons. The lowest BCUT2D eigenvalue weighted by atomic mass is 10.2. The monoisotopic (exact) mass is 413 g/mol. The van der Waals surface area contributed by atoms with Crippen molar-refractivity contribution in [2.45, 2.75) is 6.61 Å². The van der Waals surface area contributed by atoms with Gasteiger partial charge in [-0.15, -0.1) is 0 Å². The molecule has 4 nitrogen and oxygen atoms in total. The van der Waals surface area contributed by atoms with E-state index in [2.05, 4.69) is 31.9 Å². The summed E-state index contributed by atoms with van der Waals surface area (Å²) in [6, 6.07) is 10.5. The van der Waals surface area contributed by atoms with Crippen LogP contribution in [0.25, 0.3) is 0 Å². The minimum absolute atomic E-state index is 0.174. The van der Waals surface area contributed by atoms with Crippen molar-refractivity contribution < 1.29 is 14.3 Å². The number of nitrogens with two attached hydrogens (primary N) is 1. The Bertz CT molecular complexity index is 654. The molecule has 0 bridgehead atoms. The van der Waals surface area contributed by atoms with Crippen LogP contribution in [0, 0.1) is 0 Å². The number of halogens is 2. The number of benzene rings is 2. The van der Waals surface area contributed by atoms with Gasteiger partial charge in [-0.3, -0.25) is 0 Å². The van der Waals surface area contributed by atoms with Crippen LogP contribution >= 0.6 is 31.9 Å². The molecule has 0 heterocycles. The van der Waals surface area contributed by atoms with Crippen LogP contribution in [0.2, 0.25) is 0 Å². The van der Waals surface area contributed by atoms with Crippen molar-refractivity contribution in [3.8, 4) is 5.75 Å². The van der Waals surface area contributed by atoms with Crippen LogP contribution in [0.1, 0.15) is 15.9 Å². The number of carbonyl (C=O) groups is 1. The van der Waals surface area contributed by atoms with Gasteiger partial charge in [-0.1, -0.05) is 22.0 Å². The zero-order valence-electron chi connectivity index (χ0n) is 11.2. The molecular weight excluding hydrogens is 402 g/mol. The molecule has 0 amide bonds. The molecule has 0 aliphatic rings. The van der Waals surface area contributed by atoms with Crippen LogP contribution in [0.15, 0.2) is 45.3 Å². The quantitative estimate of drug-likeness (QED) is 0.602.